The quantitative estimate of drug-likeness (QED) is 0.553. The number of methoxy groups -OCH3 is 1. The molecule has 2 aliphatic heterocycles. The average molecular weight is 450 g/mol. The molecule has 0 aliphatic carbocycles. The largest absolute Gasteiger partial charge is 0.499 e. The molecule has 0 amide bonds. The van der Waals surface area contributed by atoms with Gasteiger partial charge in [-0.15, -0.1) is 0 Å². The van der Waals surface area contributed by atoms with E-state index in [1.807, 2.05) is 43.2 Å². The first-order chi connectivity index (χ1) is 14.4. The van der Waals surface area contributed by atoms with Crippen molar-refractivity contribution < 1.29 is 23.5 Å². The Kier molecular flexibility index (Phi) is 7.35. The summed E-state index contributed by atoms with van der Waals surface area (Å²) in [6.07, 6.45) is 1.47. The predicted molar refractivity (Wildman–Crippen MR) is 124 cm³/mol. The van der Waals surface area contributed by atoms with Crippen LogP contribution in [-0.4, -0.2) is 57.7 Å². The van der Waals surface area contributed by atoms with Crippen molar-refractivity contribution in [2.45, 2.75) is 83.3 Å². The Bertz CT molecular complexity index is 759. The van der Waals surface area contributed by atoms with Crippen molar-refractivity contribution >= 4 is 8.32 Å². The van der Waals surface area contributed by atoms with Crippen molar-refractivity contribution in [2.24, 2.45) is 0 Å². The van der Waals surface area contributed by atoms with E-state index in [-0.39, 0.29) is 23.3 Å². The van der Waals surface area contributed by atoms with E-state index in [0.29, 0.717) is 19.8 Å². The number of hydrogen-bond donors (Lipinski definition) is 0. The second kappa shape index (κ2) is 9.33. The van der Waals surface area contributed by atoms with Gasteiger partial charge in [0.1, 0.15) is 24.0 Å². The zero-order valence-electron chi connectivity index (χ0n) is 20.3. The first-order valence-corrected chi connectivity index (χ1v) is 14.0. The molecule has 0 radical (unpaired) electrons. The van der Waals surface area contributed by atoms with Crippen molar-refractivity contribution in [1.29, 1.82) is 0 Å². The summed E-state index contributed by atoms with van der Waals surface area (Å²) in [6.45, 7) is 16.7. The van der Waals surface area contributed by atoms with Gasteiger partial charge in [-0.1, -0.05) is 51.1 Å². The zero-order chi connectivity index (χ0) is 22.9. The van der Waals surface area contributed by atoms with Gasteiger partial charge < -0.3 is 18.6 Å². The maximum Gasteiger partial charge on any atom is 0.192 e. The van der Waals surface area contributed by atoms with Gasteiger partial charge in [0.25, 0.3) is 0 Å². The van der Waals surface area contributed by atoms with Gasteiger partial charge in [-0.3, -0.25) is 4.84 Å². The monoisotopic (exact) mass is 449 g/mol. The molecule has 7 heteroatoms. The fourth-order valence-corrected chi connectivity index (χ4v) is 4.78. The maximum absolute atomic E-state index is 6.53. The number of benzene rings is 1. The number of nitrogens with zero attached hydrogens (tertiary/aromatic N) is 1. The fourth-order valence-electron chi connectivity index (χ4n) is 3.76. The zero-order valence-corrected chi connectivity index (χ0v) is 21.3. The SMILES string of the molecule is COC1=CCON(Cc2ccccc2)[C@H]1[C@H]1OC(C)(C)O[C@H]1CO[Si](C)(C)C(C)(C)C. The van der Waals surface area contributed by atoms with Crippen molar-refractivity contribution in [1.82, 2.24) is 5.06 Å². The fraction of sp³-hybridized carbons (Fsp3) is 0.667. The molecule has 1 aromatic rings. The molecule has 1 fully saturated rings. The van der Waals surface area contributed by atoms with Crippen LogP contribution in [0.5, 0.6) is 0 Å². The molecular formula is C24H39NO5Si. The Hall–Kier alpha value is -1.22. The number of hydrogen-bond acceptors (Lipinski definition) is 6. The molecule has 0 unspecified atom stereocenters. The summed E-state index contributed by atoms with van der Waals surface area (Å²) < 4.78 is 25.0. The van der Waals surface area contributed by atoms with Crippen molar-refractivity contribution in [3.8, 4) is 0 Å². The topological polar surface area (TPSA) is 49.4 Å². The standard InChI is InChI=1S/C24H39NO5Si/c1-23(2,3)31(7,8)28-17-20-22(30-24(4,5)29-20)21-19(26-6)14-15-27-25(21)16-18-12-10-9-11-13-18/h9-14,20-22H,15-17H2,1-8H3/t20-,21+,22-/m0/s1. The molecule has 174 valence electrons. The van der Waals surface area contributed by atoms with Gasteiger partial charge in [-0.05, 0) is 43.6 Å². The molecule has 31 heavy (non-hydrogen) atoms. The van der Waals surface area contributed by atoms with Crippen LogP contribution in [0.25, 0.3) is 0 Å². The highest BCUT2D eigenvalue weighted by molar-refractivity contribution is 6.74. The molecule has 3 rings (SSSR count). The summed E-state index contributed by atoms with van der Waals surface area (Å²) in [5.41, 5.74) is 1.16. The molecule has 0 aromatic heterocycles. The van der Waals surface area contributed by atoms with Gasteiger partial charge in [-0.2, -0.15) is 5.06 Å². The molecule has 3 atom stereocenters. The minimum absolute atomic E-state index is 0.127. The van der Waals surface area contributed by atoms with E-state index in [9.17, 15) is 0 Å². The molecule has 0 saturated carbocycles. The van der Waals surface area contributed by atoms with Crippen molar-refractivity contribution in [3.05, 3.63) is 47.7 Å². The lowest BCUT2D eigenvalue weighted by Gasteiger charge is -2.40. The van der Waals surface area contributed by atoms with Crippen LogP contribution in [0.2, 0.25) is 18.1 Å². The predicted octanol–water partition coefficient (Wildman–Crippen LogP) is 4.87. The molecule has 2 heterocycles. The van der Waals surface area contributed by atoms with E-state index in [1.165, 1.54) is 0 Å². The minimum Gasteiger partial charge on any atom is -0.499 e. The van der Waals surface area contributed by atoms with Crippen molar-refractivity contribution in [3.63, 3.8) is 0 Å². The Morgan fingerprint density at radius 2 is 1.81 bits per heavy atom. The summed E-state index contributed by atoms with van der Waals surface area (Å²) in [4.78, 5) is 6.06. The first-order valence-electron chi connectivity index (χ1n) is 11.1. The van der Waals surface area contributed by atoms with E-state index in [4.69, 9.17) is 23.5 Å². The maximum atomic E-state index is 6.53. The second-order valence-corrected chi connectivity index (χ2v) is 15.1. The van der Waals surface area contributed by atoms with Crippen LogP contribution in [0.1, 0.15) is 40.2 Å². The van der Waals surface area contributed by atoms with E-state index in [2.05, 4.69) is 46.0 Å². The number of hydroxylamine groups is 2. The van der Waals surface area contributed by atoms with Crippen LogP contribution in [0.3, 0.4) is 0 Å². The van der Waals surface area contributed by atoms with Crippen LogP contribution in [0.4, 0.5) is 0 Å². The highest BCUT2D eigenvalue weighted by Crippen LogP contribution is 2.39. The van der Waals surface area contributed by atoms with Gasteiger partial charge in [0, 0.05) is 0 Å². The second-order valence-electron chi connectivity index (χ2n) is 10.3. The average Bonchev–Trinajstić information content (AvgIpc) is 3.00. The Morgan fingerprint density at radius 1 is 1.13 bits per heavy atom. The van der Waals surface area contributed by atoms with Crippen LogP contribution < -0.4 is 0 Å². The van der Waals surface area contributed by atoms with Crippen LogP contribution in [0, 0.1) is 0 Å². The molecule has 1 aromatic carbocycles. The number of ether oxygens (including phenoxy) is 3. The van der Waals surface area contributed by atoms with Gasteiger partial charge in [0.2, 0.25) is 0 Å². The summed E-state index contributed by atoms with van der Waals surface area (Å²) in [7, 11) is -0.226. The van der Waals surface area contributed by atoms with Gasteiger partial charge in [0.15, 0.2) is 14.1 Å². The lowest BCUT2D eigenvalue weighted by Crippen LogP contribution is -2.52. The van der Waals surface area contributed by atoms with E-state index in [1.54, 1.807) is 7.11 Å². The highest BCUT2D eigenvalue weighted by Gasteiger charge is 2.50. The lowest BCUT2D eigenvalue weighted by atomic mass is 10.0. The molecule has 0 bridgehead atoms. The molecule has 0 spiro atoms. The summed E-state index contributed by atoms with van der Waals surface area (Å²) in [5, 5.41) is 2.09. The Morgan fingerprint density at radius 3 is 2.42 bits per heavy atom. The van der Waals surface area contributed by atoms with E-state index >= 15 is 0 Å². The first kappa shape index (κ1) is 24.4. The smallest absolute Gasteiger partial charge is 0.192 e. The molecule has 6 nitrogen and oxygen atoms in total. The summed E-state index contributed by atoms with van der Waals surface area (Å²) >= 11 is 0. The third-order valence-electron chi connectivity index (χ3n) is 6.49. The normalized spacial score (nSPS) is 27.2. The summed E-state index contributed by atoms with van der Waals surface area (Å²) in [6, 6.07) is 10.1. The summed E-state index contributed by atoms with van der Waals surface area (Å²) in [5.74, 6) is 0.131. The van der Waals surface area contributed by atoms with E-state index < -0.39 is 14.1 Å². The Balaban J connectivity index is 1.84. The van der Waals surface area contributed by atoms with Gasteiger partial charge in [-0.25, -0.2) is 0 Å². The molecule has 2 aliphatic rings. The highest BCUT2D eigenvalue weighted by atomic mass is 28.4. The van der Waals surface area contributed by atoms with Crippen LogP contribution in [-0.2, 0) is 30.0 Å². The minimum atomic E-state index is -1.93. The molecular weight excluding hydrogens is 410 g/mol. The van der Waals surface area contributed by atoms with Crippen LogP contribution in [0.15, 0.2) is 42.2 Å². The van der Waals surface area contributed by atoms with E-state index in [0.717, 1.165) is 11.3 Å². The van der Waals surface area contributed by atoms with Gasteiger partial charge in [0.05, 0.1) is 26.9 Å². The molecule has 0 N–H and O–H groups in total. The third-order valence-corrected chi connectivity index (χ3v) is 11.0. The number of rotatable bonds is 7. The Labute approximate surface area is 188 Å². The lowest BCUT2D eigenvalue weighted by molar-refractivity contribution is -0.224. The van der Waals surface area contributed by atoms with Crippen molar-refractivity contribution in [2.75, 3.05) is 20.3 Å². The molecule has 1 saturated heterocycles. The van der Waals surface area contributed by atoms with Gasteiger partial charge >= 0.3 is 0 Å². The third kappa shape index (κ3) is 5.77. The van der Waals surface area contributed by atoms with Crippen LogP contribution >= 0.6 is 0 Å².